The monoisotopic (exact) mass is 507 g/mol. The lowest BCUT2D eigenvalue weighted by Crippen LogP contribution is -2.48. The second-order valence-corrected chi connectivity index (χ2v) is 12.4. The minimum Gasteiger partial charge on any atom is -0.345 e. The summed E-state index contributed by atoms with van der Waals surface area (Å²) in [5.74, 6) is -0.435. The van der Waals surface area contributed by atoms with Gasteiger partial charge in [0, 0.05) is 38.0 Å². The van der Waals surface area contributed by atoms with Gasteiger partial charge in [0.1, 0.15) is 5.82 Å². The van der Waals surface area contributed by atoms with Crippen molar-refractivity contribution in [3.05, 3.63) is 75.5 Å². The summed E-state index contributed by atoms with van der Waals surface area (Å²) in [5, 5.41) is 2.92. The van der Waals surface area contributed by atoms with Crippen molar-refractivity contribution >= 4 is 38.1 Å². The summed E-state index contributed by atoms with van der Waals surface area (Å²) >= 11 is 7.27. The van der Waals surface area contributed by atoms with Gasteiger partial charge in [-0.3, -0.25) is 0 Å². The van der Waals surface area contributed by atoms with Gasteiger partial charge >= 0.3 is 0 Å². The summed E-state index contributed by atoms with van der Waals surface area (Å²) in [6, 6.07) is 12.0. The number of hydrogen-bond acceptors (Lipinski definition) is 5. The van der Waals surface area contributed by atoms with E-state index < -0.39 is 15.8 Å². The fourth-order valence-electron chi connectivity index (χ4n) is 3.78. The van der Waals surface area contributed by atoms with Crippen molar-refractivity contribution in [2.24, 2.45) is 0 Å². The predicted octanol–water partition coefficient (Wildman–Crippen LogP) is 5.33. The highest BCUT2D eigenvalue weighted by molar-refractivity contribution is 7.89. The van der Waals surface area contributed by atoms with Crippen LogP contribution >= 0.6 is 22.9 Å². The molecule has 1 saturated heterocycles. The molecule has 33 heavy (non-hydrogen) atoms. The normalized spacial score (nSPS) is 15.7. The fourth-order valence-corrected chi connectivity index (χ4v) is 6.20. The molecule has 0 aliphatic carbocycles. The number of benzene rings is 2. The largest absolute Gasteiger partial charge is 0.345 e. The molecule has 0 radical (unpaired) electrons. The zero-order valence-electron chi connectivity index (χ0n) is 18.9. The summed E-state index contributed by atoms with van der Waals surface area (Å²) in [4.78, 5) is 7.11. The number of thiazole rings is 1. The zero-order chi connectivity index (χ0) is 23.8. The van der Waals surface area contributed by atoms with Crippen LogP contribution in [0.3, 0.4) is 0 Å². The summed E-state index contributed by atoms with van der Waals surface area (Å²) in [5.41, 5.74) is 2.74. The Kier molecular flexibility index (Phi) is 6.82. The Labute approximate surface area is 203 Å². The van der Waals surface area contributed by atoms with Crippen LogP contribution in [0.5, 0.6) is 0 Å². The van der Waals surface area contributed by atoms with E-state index in [0.717, 1.165) is 22.0 Å². The van der Waals surface area contributed by atoms with Crippen LogP contribution in [-0.4, -0.2) is 43.9 Å². The van der Waals surface area contributed by atoms with Gasteiger partial charge in [0.05, 0.1) is 15.6 Å². The highest BCUT2D eigenvalue weighted by Crippen LogP contribution is 2.27. The topological polar surface area (TPSA) is 53.5 Å². The third-order valence-corrected chi connectivity index (χ3v) is 8.95. The molecule has 2 heterocycles. The van der Waals surface area contributed by atoms with Crippen LogP contribution in [0.15, 0.2) is 52.7 Å². The lowest BCUT2D eigenvalue weighted by atomic mass is 9.87. The number of sulfonamides is 1. The molecule has 2 aromatic carbocycles. The molecule has 0 unspecified atom stereocenters. The van der Waals surface area contributed by atoms with Crippen LogP contribution in [0, 0.1) is 5.82 Å². The summed E-state index contributed by atoms with van der Waals surface area (Å²) in [6.45, 7) is 8.26. The average Bonchev–Trinajstić information content (AvgIpc) is 3.24. The molecule has 1 aliphatic heterocycles. The van der Waals surface area contributed by atoms with Gasteiger partial charge in [-0.25, -0.2) is 17.8 Å². The highest BCUT2D eigenvalue weighted by atomic mass is 35.5. The molecule has 0 bridgehead atoms. The Morgan fingerprint density at radius 2 is 1.73 bits per heavy atom. The summed E-state index contributed by atoms with van der Waals surface area (Å²) in [6.07, 6.45) is 0.517. The van der Waals surface area contributed by atoms with Crippen LogP contribution < -0.4 is 4.90 Å². The first kappa shape index (κ1) is 24.1. The fraction of sp³-hybridized carbons (Fsp3) is 0.375. The maximum absolute atomic E-state index is 13.7. The first-order valence-corrected chi connectivity index (χ1v) is 13.5. The van der Waals surface area contributed by atoms with Crippen molar-refractivity contribution in [1.82, 2.24) is 9.29 Å². The molecular weight excluding hydrogens is 481 g/mol. The highest BCUT2D eigenvalue weighted by Gasteiger charge is 2.29. The van der Waals surface area contributed by atoms with E-state index in [-0.39, 0.29) is 10.4 Å². The van der Waals surface area contributed by atoms with E-state index in [1.165, 1.54) is 17.4 Å². The number of anilines is 1. The molecule has 1 aliphatic rings. The Balaban J connectivity index is 1.39. The molecule has 0 spiro atoms. The molecule has 0 atom stereocenters. The van der Waals surface area contributed by atoms with E-state index in [9.17, 15) is 12.8 Å². The lowest BCUT2D eigenvalue weighted by molar-refractivity contribution is 0.384. The van der Waals surface area contributed by atoms with Crippen molar-refractivity contribution in [1.29, 1.82) is 0 Å². The second-order valence-electron chi connectivity index (χ2n) is 9.21. The smallest absolute Gasteiger partial charge is 0.243 e. The maximum Gasteiger partial charge on any atom is 0.243 e. The van der Waals surface area contributed by atoms with Crippen molar-refractivity contribution in [3.8, 4) is 0 Å². The van der Waals surface area contributed by atoms with Crippen LogP contribution in [0.2, 0.25) is 5.02 Å². The molecule has 3 aromatic rings. The van der Waals surface area contributed by atoms with Gasteiger partial charge in [0.25, 0.3) is 0 Å². The first-order chi connectivity index (χ1) is 15.5. The lowest BCUT2D eigenvalue weighted by Gasteiger charge is -2.33. The minimum absolute atomic E-state index is 0.0256. The molecular formula is C24H27ClFN3O2S2. The van der Waals surface area contributed by atoms with E-state index in [0.29, 0.717) is 37.5 Å². The van der Waals surface area contributed by atoms with Gasteiger partial charge in [-0.15, -0.1) is 11.3 Å². The molecule has 1 fully saturated rings. The zero-order valence-corrected chi connectivity index (χ0v) is 21.3. The predicted molar refractivity (Wildman–Crippen MR) is 132 cm³/mol. The van der Waals surface area contributed by atoms with Crippen molar-refractivity contribution < 1.29 is 12.8 Å². The van der Waals surface area contributed by atoms with Crippen LogP contribution in [0.25, 0.3) is 0 Å². The molecule has 0 amide bonds. The van der Waals surface area contributed by atoms with E-state index >= 15 is 0 Å². The SMILES string of the molecule is CC(C)(C)c1ccc(S(=O)(=O)N2CCN(c3nc(Cc4ccc(Cl)c(F)c4)cs3)CC2)cc1. The van der Waals surface area contributed by atoms with Gasteiger partial charge < -0.3 is 4.90 Å². The van der Waals surface area contributed by atoms with Gasteiger partial charge in [-0.05, 0) is 40.8 Å². The van der Waals surface area contributed by atoms with Gasteiger partial charge in [0.2, 0.25) is 10.0 Å². The summed E-state index contributed by atoms with van der Waals surface area (Å²) in [7, 11) is -3.53. The molecule has 5 nitrogen and oxygen atoms in total. The van der Waals surface area contributed by atoms with Crippen molar-refractivity contribution in [3.63, 3.8) is 0 Å². The Morgan fingerprint density at radius 3 is 2.33 bits per heavy atom. The van der Waals surface area contributed by atoms with Gasteiger partial charge in [-0.1, -0.05) is 50.6 Å². The number of rotatable bonds is 5. The van der Waals surface area contributed by atoms with Crippen molar-refractivity contribution in [2.75, 3.05) is 31.1 Å². The molecule has 0 N–H and O–H groups in total. The molecule has 0 saturated carbocycles. The number of aromatic nitrogens is 1. The van der Waals surface area contributed by atoms with E-state index in [2.05, 4.69) is 30.7 Å². The Bertz CT molecular complexity index is 1230. The third-order valence-electron chi connectivity index (χ3n) is 5.78. The minimum atomic E-state index is -3.53. The maximum atomic E-state index is 13.7. The average molecular weight is 508 g/mol. The number of piperazine rings is 1. The van der Waals surface area contributed by atoms with E-state index in [4.69, 9.17) is 11.6 Å². The van der Waals surface area contributed by atoms with Crippen molar-refractivity contribution in [2.45, 2.75) is 37.5 Å². The van der Waals surface area contributed by atoms with Crippen LogP contribution in [0.1, 0.15) is 37.6 Å². The number of hydrogen-bond donors (Lipinski definition) is 0. The van der Waals surface area contributed by atoms with E-state index in [1.807, 2.05) is 17.5 Å². The quantitative estimate of drug-likeness (QED) is 0.468. The molecule has 4 rings (SSSR count). The number of nitrogens with zero attached hydrogens (tertiary/aromatic N) is 3. The summed E-state index contributed by atoms with van der Waals surface area (Å²) < 4.78 is 41.4. The molecule has 9 heteroatoms. The van der Waals surface area contributed by atoms with E-state index in [1.54, 1.807) is 28.6 Å². The number of halogens is 2. The first-order valence-electron chi connectivity index (χ1n) is 10.8. The second kappa shape index (κ2) is 9.33. The molecule has 176 valence electrons. The third kappa shape index (κ3) is 5.40. The Hall–Kier alpha value is -2.00. The Morgan fingerprint density at radius 1 is 1.06 bits per heavy atom. The standard InChI is InChI=1S/C24H27ClFN3O2S2/c1-24(2,3)18-5-7-20(8-6-18)33(30,31)29-12-10-28(11-13-29)23-27-19(16-32-23)14-17-4-9-21(25)22(26)15-17/h4-9,15-16H,10-14H2,1-3H3. The molecule has 1 aromatic heterocycles. The van der Waals surface area contributed by atoms with Crippen LogP contribution in [0.4, 0.5) is 9.52 Å². The van der Waals surface area contributed by atoms with Gasteiger partial charge in [-0.2, -0.15) is 4.31 Å². The van der Waals surface area contributed by atoms with Crippen LogP contribution in [-0.2, 0) is 21.9 Å². The van der Waals surface area contributed by atoms with Gasteiger partial charge in [0.15, 0.2) is 5.13 Å².